The quantitative estimate of drug-likeness (QED) is 0.465. The maximum atomic E-state index is 8.00. The minimum Gasteiger partial charge on any atom is -0.307 e. The predicted octanol–water partition coefficient (Wildman–Crippen LogP) is 1.45. The standard InChI is InChI=1S/C3H7Cl.CH2O/c1-2-3-4;1-2/h2-3H2,1H3;1H2. The van der Waals surface area contributed by atoms with Crippen LogP contribution < -0.4 is 0 Å². The average Bonchev–Trinajstić information content (AvgIpc) is 1.72. The van der Waals surface area contributed by atoms with Gasteiger partial charge in [0.15, 0.2) is 0 Å². The summed E-state index contributed by atoms with van der Waals surface area (Å²) in [6.07, 6.45) is 1.08. The Morgan fingerprint density at radius 3 is 1.83 bits per heavy atom. The predicted molar refractivity (Wildman–Crippen MR) is 28.1 cm³/mol. The lowest BCUT2D eigenvalue weighted by Crippen LogP contribution is -1.55. The molecule has 0 spiro atoms. The van der Waals surface area contributed by atoms with Gasteiger partial charge in [-0.05, 0) is 6.42 Å². The van der Waals surface area contributed by atoms with Crippen LogP contribution in [0.25, 0.3) is 0 Å². The van der Waals surface area contributed by atoms with Crippen molar-refractivity contribution in [1.29, 1.82) is 0 Å². The summed E-state index contributed by atoms with van der Waals surface area (Å²) in [6.45, 7) is 4.05. The molecule has 0 fully saturated rings. The van der Waals surface area contributed by atoms with Gasteiger partial charge in [-0.1, -0.05) is 6.92 Å². The summed E-state index contributed by atoms with van der Waals surface area (Å²) < 4.78 is 0. The number of rotatable bonds is 1. The largest absolute Gasteiger partial charge is 0.307 e. The Hall–Kier alpha value is -0.0400. The lowest BCUT2D eigenvalue weighted by Gasteiger charge is -1.65. The fourth-order valence-electron chi connectivity index (χ4n) is 0. The number of halogens is 1. The zero-order valence-corrected chi connectivity index (χ0v) is 4.66. The normalized spacial score (nSPS) is 5.67. The van der Waals surface area contributed by atoms with E-state index in [2.05, 4.69) is 0 Å². The molecule has 0 unspecified atom stereocenters. The molecule has 2 heteroatoms. The van der Waals surface area contributed by atoms with Crippen LogP contribution >= 0.6 is 11.6 Å². The van der Waals surface area contributed by atoms with Crippen LogP contribution in [0.5, 0.6) is 0 Å². The van der Waals surface area contributed by atoms with Gasteiger partial charge in [0.2, 0.25) is 0 Å². The van der Waals surface area contributed by atoms with Gasteiger partial charge >= 0.3 is 0 Å². The van der Waals surface area contributed by atoms with Gasteiger partial charge < -0.3 is 4.79 Å². The van der Waals surface area contributed by atoms with E-state index >= 15 is 0 Å². The first-order valence-electron chi connectivity index (χ1n) is 1.76. The Bertz CT molecular complexity index is 15.0. The van der Waals surface area contributed by atoms with E-state index in [1.165, 1.54) is 0 Å². The number of alkyl halides is 1. The summed E-state index contributed by atoms with van der Waals surface area (Å²) in [5, 5.41) is 0. The summed E-state index contributed by atoms with van der Waals surface area (Å²) >= 11 is 5.19. The molecule has 0 rings (SSSR count). The Morgan fingerprint density at radius 2 is 1.83 bits per heavy atom. The fourth-order valence-corrected chi connectivity index (χ4v) is 0. The zero-order chi connectivity index (χ0) is 5.41. The van der Waals surface area contributed by atoms with Crippen molar-refractivity contribution in [3.05, 3.63) is 0 Å². The molecule has 0 N–H and O–H groups in total. The van der Waals surface area contributed by atoms with Gasteiger partial charge in [-0.2, -0.15) is 0 Å². The van der Waals surface area contributed by atoms with Crippen molar-refractivity contribution in [2.75, 3.05) is 5.88 Å². The van der Waals surface area contributed by atoms with Gasteiger partial charge in [0.1, 0.15) is 6.79 Å². The van der Waals surface area contributed by atoms with Crippen LogP contribution in [0, 0.1) is 0 Å². The average molecular weight is 109 g/mol. The smallest absolute Gasteiger partial charge is 0.106 e. The molecule has 1 nitrogen and oxygen atoms in total. The molecule has 6 heavy (non-hydrogen) atoms. The molecule has 0 amide bonds. The number of carbonyl (C=O) groups excluding carboxylic acids is 1. The number of hydrogen-bond donors (Lipinski definition) is 0. The van der Waals surface area contributed by atoms with Crippen molar-refractivity contribution >= 4 is 18.4 Å². The molecule has 0 radical (unpaired) electrons. The van der Waals surface area contributed by atoms with E-state index in [9.17, 15) is 0 Å². The highest BCUT2D eigenvalue weighted by molar-refractivity contribution is 6.17. The lowest BCUT2D eigenvalue weighted by atomic mass is 10.6. The Kier molecular flexibility index (Phi) is 31.6. The second-order valence-corrected chi connectivity index (χ2v) is 1.07. The third-order valence-electron chi connectivity index (χ3n) is 0.189. The van der Waals surface area contributed by atoms with Crippen LogP contribution in [0.2, 0.25) is 0 Å². The molecule has 0 aliphatic heterocycles. The highest BCUT2D eigenvalue weighted by atomic mass is 35.5. The van der Waals surface area contributed by atoms with Crippen molar-refractivity contribution in [2.45, 2.75) is 13.3 Å². The highest BCUT2D eigenvalue weighted by Crippen LogP contribution is 1.75. The molecule has 38 valence electrons. The second-order valence-electron chi connectivity index (χ2n) is 0.689. The highest BCUT2D eigenvalue weighted by Gasteiger charge is 1.59. The fraction of sp³-hybridized carbons (Fsp3) is 0.750. The third-order valence-corrected chi connectivity index (χ3v) is 0.567. The summed E-state index contributed by atoms with van der Waals surface area (Å²) in [5.41, 5.74) is 0. The molecular weight excluding hydrogens is 99.5 g/mol. The van der Waals surface area contributed by atoms with E-state index in [1.54, 1.807) is 0 Å². The summed E-state index contributed by atoms with van der Waals surface area (Å²) in [7, 11) is 0. The van der Waals surface area contributed by atoms with Crippen LogP contribution in [0.15, 0.2) is 0 Å². The molecule has 0 aliphatic rings. The Morgan fingerprint density at radius 1 is 1.67 bits per heavy atom. The molecule has 0 aliphatic carbocycles. The van der Waals surface area contributed by atoms with Crippen LogP contribution in [-0.2, 0) is 4.79 Å². The van der Waals surface area contributed by atoms with Gasteiger partial charge in [0.25, 0.3) is 0 Å². The topological polar surface area (TPSA) is 17.1 Å². The minimum atomic E-state index is 0.792. The van der Waals surface area contributed by atoms with Crippen molar-refractivity contribution in [3.63, 3.8) is 0 Å². The van der Waals surface area contributed by atoms with Crippen molar-refractivity contribution < 1.29 is 4.79 Å². The summed E-state index contributed by atoms with van der Waals surface area (Å²) in [5.74, 6) is 0.792. The first kappa shape index (κ1) is 9.35. The maximum Gasteiger partial charge on any atom is 0.106 e. The van der Waals surface area contributed by atoms with Crippen molar-refractivity contribution in [3.8, 4) is 0 Å². The summed E-state index contributed by atoms with van der Waals surface area (Å²) in [6, 6.07) is 0. The van der Waals surface area contributed by atoms with E-state index in [1.807, 2.05) is 13.7 Å². The van der Waals surface area contributed by atoms with Gasteiger partial charge in [-0.25, -0.2) is 0 Å². The van der Waals surface area contributed by atoms with E-state index in [0.29, 0.717) is 0 Å². The lowest BCUT2D eigenvalue weighted by molar-refractivity contribution is -0.0979. The van der Waals surface area contributed by atoms with Gasteiger partial charge in [0.05, 0.1) is 0 Å². The van der Waals surface area contributed by atoms with E-state index in [4.69, 9.17) is 16.4 Å². The first-order chi connectivity index (χ1) is 2.91. The maximum absolute atomic E-state index is 8.00. The van der Waals surface area contributed by atoms with Crippen LogP contribution in [0.3, 0.4) is 0 Å². The molecular formula is C4H9ClO. The number of carbonyl (C=O) groups is 1. The monoisotopic (exact) mass is 108 g/mol. The molecule has 0 heterocycles. The van der Waals surface area contributed by atoms with Crippen LogP contribution in [0.1, 0.15) is 13.3 Å². The molecule has 0 saturated carbocycles. The zero-order valence-electron chi connectivity index (χ0n) is 3.91. The van der Waals surface area contributed by atoms with Crippen molar-refractivity contribution in [2.24, 2.45) is 0 Å². The molecule has 0 aromatic heterocycles. The van der Waals surface area contributed by atoms with Crippen LogP contribution in [-0.4, -0.2) is 12.7 Å². The molecule has 0 bridgehead atoms. The molecule has 0 atom stereocenters. The number of hydrogen-bond acceptors (Lipinski definition) is 1. The van der Waals surface area contributed by atoms with Gasteiger partial charge in [-0.3, -0.25) is 0 Å². The van der Waals surface area contributed by atoms with E-state index in [-0.39, 0.29) is 0 Å². The van der Waals surface area contributed by atoms with Crippen LogP contribution in [0.4, 0.5) is 0 Å². The van der Waals surface area contributed by atoms with Gasteiger partial charge in [-0.15, -0.1) is 11.6 Å². The minimum absolute atomic E-state index is 0.792. The molecule has 0 aromatic carbocycles. The van der Waals surface area contributed by atoms with E-state index in [0.717, 1.165) is 12.3 Å². The van der Waals surface area contributed by atoms with Crippen molar-refractivity contribution in [1.82, 2.24) is 0 Å². The molecule has 0 aromatic rings. The Labute approximate surface area is 43.3 Å². The van der Waals surface area contributed by atoms with E-state index < -0.39 is 0 Å². The third kappa shape index (κ3) is 37.6. The van der Waals surface area contributed by atoms with Gasteiger partial charge in [0, 0.05) is 5.88 Å². The molecule has 0 saturated heterocycles. The second kappa shape index (κ2) is 20.2. The Balaban J connectivity index is 0. The first-order valence-corrected chi connectivity index (χ1v) is 2.30. The summed E-state index contributed by atoms with van der Waals surface area (Å²) in [4.78, 5) is 8.00. The SMILES string of the molecule is C=O.CCCCl.